The summed E-state index contributed by atoms with van der Waals surface area (Å²) in [5.41, 5.74) is 4.30. The molecule has 0 unspecified atom stereocenters. The number of hydrogen-bond donors (Lipinski definition) is 2. The molecule has 7 nitrogen and oxygen atoms in total. The highest BCUT2D eigenvalue weighted by molar-refractivity contribution is 6.76. The zero-order valence-electron chi connectivity index (χ0n) is 21.6. The highest BCUT2D eigenvalue weighted by atomic mass is 28.3. The number of nitrogens with zero attached hydrogens (tertiary/aromatic N) is 4. The SMILES string of the molecule is CB(O)N(C)[C@H]1CCCN(c2ccnc3[nH]cc(-c4cccnc4)c23)C1.COCC[Si](C)(C)C. The van der Waals surface area contributed by atoms with Gasteiger partial charge >= 0.3 is 7.05 Å². The second-order valence-corrected chi connectivity index (χ2v) is 16.0. The third-order valence-electron chi connectivity index (χ3n) is 6.48. The lowest BCUT2D eigenvalue weighted by Crippen LogP contribution is -2.51. The molecule has 3 aromatic rings. The number of piperidine rings is 1. The molecule has 4 rings (SSSR count). The van der Waals surface area contributed by atoms with Crippen LogP contribution in [0.15, 0.2) is 43.0 Å². The predicted octanol–water partition coefficient (Wildman–Crippen LogP) is 4.61. The molecule has 9 heteroatoms. The predicted molar refractivity (Wildman–Crippen MR) is 146 cm³/mol. The maximum Gasteiger partial charge on any atom is 0.376 e. The normalized spacial score (nSPS) is 16.5. The van der Waals surface area contributed by atoms with Gasteiger partial charge in [-0.05, 0) is 44.9 Å². The van der Waals surface area contributed by atoms with Gasteiger partial charge in [0.2, 0.25) is 0 Å². The lowest BCUT2D eigenvalue weighted by molar-refractivity contribution is 0.214. The Morgan fingerprint density at radius 1 is 1.29 bits per heavy atom. The molecule has 1 aliphatic rings. The molecule has 0 saturated carbocycles. The number of aromatic amines is 1. The van der Waals surface area contributed by atoms with Crippen molar-refractivity contribution >= 4 is 31.8 Å². The smallest absolute Gasteiger partial charge is 0.376 e. The lowest BCUT2D eigenvalue weighted by atomic mass is 9.82. The summed E-state index contributed by atoms with van der Waals surface area (Å²) in [5, 5.41) is 11.1. The van der Waals surface area contributed by atoms with Crippen LogP contribution in [-0.2, 0) is 4.74 Å². The van der Waals surface area contributed by atoms with E-state index < -0.39 is 15.1 Å². The van der Waals surface area contributed by atoms with Crippen LogP contribution in [0.1, 0.15) is 12.8 Å². The summed E-state index contributed by atoms with van der Waals surface area (Å²) >= 11 is 0. The van der Waals surface area contributed by atoms with Crippen LogP contribution in [0.5, 0.6) is 0 Å². The van der Waals surface area contributed by atoms with Crippen molar-refractivity contribution in [2.45, 2.75) is 51.4 Å². The maximum absolute atomic E-state index is 9.95. The molecule has 184 valence electrons. The van der Waals surface area contributed by atoms with Crippen LogP contribution in [0.25, 0.3) is 22.2 Å². The molecule has 1 atom stereocenters. The Labute approximate surface area is 205 Å². The monoisotopic (exact) mass is 481 g/mol. The largest absolute Gasteiger partial charge is 0.437 e. The Bertz CT molecular complexity index is 1030. The molecule has 1 saturated heterocycles. The molecule has 1 aliphatic heterocycles. The summed E-state index contributed by atoms with van der Waals surface area (Å²) < 4.78 is 4.95. The van der Waals surface area contributed by atoms with E-state index in [9.17, 15) is 5.02 Å². The number of H-pyrrole nitrogens is 1. The van der Waals surface area contributed by atoms with E-state index in [0.717, 1.165) is 54.7 Å². The molecule has 0 radical (unpaired) electrons. The number of aromatic nitrogens is 3. The number of methoxy groups -OCH3 is 1. The minimum Gasteiger partial charge on any atom is -0.437 e. The van der Waals surface area contributed by atoms with Gasteiger partial charge in [0.15, 0.2) is 0 Å². The molecule has 0 spiro atoms. The van der Waals surface area contributed by atoms with Crippen LogP contribution < -0.4 is 4.90 Å². The molecule has 0 amide bonds. The average Bonchev–Trinajstić information content (AvgIpc) is 3.27. The summed E-state index contributed by atoms with van der Waals surface area (Å²) in [6.45, 7) is 11.7. The number of pyridine rings is 2. The molecule has 3 aromatic heterocycles. The number of likely N-dealkylation sites (N-methyl/N-ethyl adjacent to an activating group) is 1. The second-order valence-electron chi connectivity index (χ2n) is 10.3. The van der Waals surface area contributed by atoms with Crippen LogP contribution in [-0.4, -0.2) is 79.8 Å². The van der Waals surface area contributed by atoms with E-state index in [0.29, 0.717) is 6.04 Å². The molecule has 2 N–H and O–H groups in total. The number of hydrogen-bond acceptors (Lipinski definition) is 6. The van der Waals surface area contributed by atoms with Gasteiger partial charge in [0.05, 0.1) is 0 Å². The third-order valence-corrected chi connectivity index (χ3v) is 8.19. The zero-order valence-corrected chi connectivity index (χ0v) is 22.6. The van der Waals surface area contributed by atoms with E-state index in [-0.39, 0.29) is 0 Å². The quantitative estimate of drug-likeness (QED) is 0.480. The van der Waals surface area contributed by atoms with E-state index in [1.807, 2.05) is 38.5 Å². The van der Waals surface area contributed by atoms with Gasteiger partial charge in [-0.25, -0.2) is 4.98 Å². The van der Waals surface area contributed by atoms with E-state index in [1.54, 1.807) is 13.3 Å². The van der Waals surface area contributed by atoms with Crippen molar-refractivity contribution in [3.05, 3.63) is 43.0 Å². The summed E-state index contributed by atoms with van der Waals surface area (Å²) in [4.78, 5) is 16.6. The number of nitrogens with one attached hydrogen (secondary N) is 1. The standard InChI is InChI=1S/C19H24BN5O.C6H16OSi/c1-20(26)24(2)15-6-4-10-25(13-15)17-7-9-22-19-18(17)16(12-23-19)14-5-3-8-21-11-14;1-7-5-6-8(2,3)4/h3,5,7-9,11-12,15,26H,4,6,10,13H2,1-2H3,(H,22,23);5-6H2,1-4H3/t15-;/m0./s1. The molecular formula is C25H40BN5O2Si. The van der Waals surface area contributed by atoms with Gasteiger partial charge in [-0.15, -0.1) is 0 Å². The Balaban J connectivity index is 0.000000350. The van der Waals surface area contributed by atoms with Crippen molar-refractivity contribution in [2.24, 2.45) is 0 Å². The molecule has 4 heterocycles. The van der Waals surface area contributed by atoms with Gasteiger partial charge in [-0.2, -0.15) is 0 Å². The number of ether oxygens (including phenoxy) is 1. The van der Waals surface area contributed by atoms with Gasteiger partial charge in [0.25, 0.3) is 0 Å². The summed E-state index contributed by atoms with van der Waals surface area (Å²) in [6.07, 6.45) is 9.77. The molecule has 1 fully saturated rings. The Kier molecular flexibility index (Phi) is 9.30. The lowest BCUT2D eigenvalue weighted by Gasteiger charge is -2.39. The summed E-state index contributed by atoms with van der Waals surface area (Å²) in [5.74, 6) is 0. The van der Waals surface area contributed by atoms with Gasteiger partial charge in [0, 0.05) is 87.9 Å². The topological polar surface area (TPSA) is 77.5 Å². The highest BCUT2D eigenvalue weighted by Gasteiger charge is 2.28. The first-order valence-electron chi connectivity index (χ1n) is 12.2. The van der Waals surface area contributed by atoms with Crippen LogP contribution in [0.4, 0.5) is 5.69 Å². The fourth-order valence-corrected chi connectivity index (χ4v) is 5.09. The van der Waals surface area contributed by atoms with E-state index in [4.69, 9.17) is 4.74 Å². The first-order chi connectivity index (χ1) is 16.2. The van der Waals surface area contributed by atoms with E-state index in [1.165, 1.54) is 11.7 Å². The van der Waals surface area contributed by atoms with Gasteiger partial charge < -0.3 is 24.5 Å². The fourth-order valence-electron chi connectivity index (χ4n) is 4.27. The van der Waals surface area contributed by atoms with Gasteiger partial charge in [-0.3, -0.25) is 4.98 Å². The Hall–Kier alpha value is -2.20. The van der Waals surface area contributed by atoms with E-state index in [2.05, 4.69) is 56.4 Å². The number of rotatable bonds is 7. The van der Waals surface area contributed by atoms with Crippen molar-refractivity contribution in [2.75, 3.05) is 38.8 Å². The van der Waals surface area contributed by atoms with Crippen molar-refractivity contribution in [1.29, 1.82) is 0 Å². The first kappa shape index (κ1) is 26.4. The molecule has 0 bridgehead atoms. The zero-order chi connectivity index (χ0) is 24.7. The van der Waals surface area contributed by atoms with Crippen molar-refractivity contribution in [1.82, 2.24) is 19.8 Å². The van der Waals surface area contributed by atoms with Crippen molar-refractivity contribution in [3.8, 4) is 11.1 Å². The molecule has 34 heavy (non-hydrogen) atoms. The van der Waals surface area contributed by atoms with Crippen LogP contribution in [0.2, 0.25) is 32.5 Å². The number of anilines is 1. The maximum atomic E-state index is 9.95. The van der Waals surface area contributed by atoms with E-state index >= 15 is 0 Å². The number of fused-ring (bicyclic) bond motifs is 1. The summed E-state index contributed by atoms with van der Waals surface area (Å²) in [7, 11) is 2.52. The highest BCUT2D eigenvalue weighted by Crippen LogP contribution is 2.36. The van der Waals surface area contributed by atoms with Crippen molar-refractivity contribution in [3.63, 3.8) is 0 Å². The average molecular weight is 482 g/mol. The minimum atomic E-state index is -0.803. The Morgan fingerprint density at radius 2 is 2.09 bits per heavy atom. The summed E-state index contributed by atoms with van der Waals surface area (Å²) in [6, 6.07) is 7.75. The van der Waals surface area contributed by atoms with Crippen LogP contribution >= 0.6 is 0 Å². The van der Waals surface area contributed by atoms with Gasteiger partial charge in [0.1, 0.15) is 5.65 Å². The van der Waals surface area contributed by atoms with Crippen LogP contribution in [0.3, 0.4) is 0 Å². The molecule has 0 aliphatic carbocycles. The third kappa shape index (κ3) is 6.91. The van der Waals surface area contributed by atoms with Crippen molar-refractivity contribution < 1.29 is 9.76 Å². The minimum absolute atomic E-state index is 0.341. The molecule has 0 aromatic carbocycles. The van der Waals surface area contributed by atoms with Gasteiger partial charge in [-0.1, -0.05) is 25.7 Å². The second kappa shape index (κ2) is 12.0. The fraction of sp³-hybridized carbons (Fsp3) is 0.520. The van der Waals surface area contributed by atoms with Crippen LogP contribution in [0, 0.1) is 0 Å². The first-order valence-corrected chi connectivity index (χ1v) is 15.9. The Morgan fingerprint density at radius 3 is 2.71 bits per heavy atom. The molecular weight excluding hydrogens is 441 g/mol.